The van der Waals surface area contributed by atoms with Crippen LogP contribution in [0.5, 0.6) is 0 Å². The van der Waals surface area contributed by atoms with E-state index >= 15 is 0 Å². The molecule has 2 fully saturated rings. The number of aromatic nitrogens is 2. The second kappa shape index (κ2) is 7.89. The normalized spacial score (nSPS) is 20.4. The SMILES string of the molecule is COC1CN(c2ncc(N3CCN(c4cccc(CO)c4F)CC3C)cn2)C1. The first kappa shape index (κ1) is 18.9. The lowest BCUT2D eigenvalue weighted by Gasteiger charge is -2.42. The van der Waals surface area contributed by atoms with Crippen LogP contribution in [0.4, 0.5) is 21.7 Å². The molecule has 3 heterocycles. The molecule has 0 amide bonds. The highest BCUT2D eigenvalue weighted by molar-refractivity contribution is 5.54. The molecule has 0 bridgehead atoms. The van der Waals surface area contributed by atoms with Crippen LogP contribution in [0.15, 0.2) is 30.6 Å². The molecule has 2 aliphatic heterocycles. The second-order valence-corrected chi connectivity index (χ2v) is 7.40. The van der Waals surface area contributed by atoms with E-state index in [1.54, 1.807) is 25.3 Å². The fourth-order valence-electron chi connectivity index (χ4n) is 3.87. The van der Waals surface area contributed by atoms with E-state index in [4.69, 9.17) is 4.74 Å². The monoisotopic (exact) mass is 387 g/mol. The molecule has 1 unspecified atom stereocenters. The Morgan fingerprint density at radius 1 is 1.14 bits per heavy atom. The van der Waals surface area contributed by atoms with Gasteiger partial charge in [0.15, 0.2) is 5.82 Å². The fourth-order valence-corrected chi connectivity index (χ4v) is 3.87. The molecule has 2 aliphatic rings. The van der Waals surface area contributed by atoms with Crippen LogP contribution in [0.3, 0.4) is 0 Å². The highest BCUT2D eigenvalue weighted by Gasteiger charge is 2.29. The molecule has 0 radical (unpaired) electrons. The first-order valence-corrected chi connectivity index (χ1v) is 9.60. The van der Waals surface area contributed by atoms with Crippen LogP contribution >= 0.6 is 0 Å². The number of halogens is 1. The second-order valence-electron chi connectivity index (χ2n) is 7.40. The molecule has 7 nitrogen and oxygen atoms in total. The Balaban J connectivity index is 1.42. The number of hydrogen-bond donors (Lipinski definition) is 1. The van der Waals surface area contributed by atoms with Gasteiger partial charge in [0.25, 0.3) is 0 Å². The summed E-state index contributed by atoms with van der Waals surface area (Å²) in [4.78, 5) is 15.4. The molecule has 2 saturated heterocycles. The Hall–Kier alpha value is -2.45. The summed E-state index contributed by atoms with van der Waals surface area (Å²) in [5.41, 5.74) is 1.86. The minimum Gasteiger partial charge on any atom is -0.392 e. The summed E-state index contributed by atoms with van der Waals surface area (Å²) in [6, 6.07) is 5.36. The van der Waals surface area contributed by atoms with Crippen molar-refractivity contribution in [1.29, 1.82) is 0 Å². The molecular weight excluding hydrogens is 361 g/mol. The summed E-state index contributed by atoms with van der Waals surface area (Å²) in [5.74, 6) is 0.397. The number of methoxy groups -OCH3 is 1. The quantitative estimate of drug-likeness (QED) is 0.837. The van der Waals surface area contributed by atoms with Gasteiger partial charge in [-0.1, -0.05) is 12.1 Å². The number of rotatable bonds is 5. The third-order valence-corrected chi connectivity index (χ3v) is 5.62. The lowest BCUT2D eigenvalue weighted by Crippen LogP contribution is -2.53. The van der Waals surface area contributed by atoms with Gasteiger partial charge in [-0.2, -0.15) is 0 Å². The van der Waals surface area contributed by atoms with E-state index in [0.717, 1.165) is 31.3 Å². The van der Waals surface area contributed by atoms with Crippen molar-refractivity contribution >= 4 is 17.3 Å². The molecule has 0 aliphatic carbocycles. The number of nitrogens with zero attached hydrogens (tertiary/aromatic N) is 5. The topological polar surface area (TPSA) is 65.0 Å². The van der Waals surface area contributed by atoms with Crippen LogP contribution in [0.1, 0.15) is 12.5 Å². The summed E-state index contributed by atoms with van der Waals surface area (Å²) >= 11 is 0. The fraction of sp³-hybridized carbons (Fsp3) is 0.500. The molecule has 1 aromatic carbocycles. The van der Waals surface area contributed by atoms with E-state index in [0.29, 0.717) is 24.3 Å². The molecule has 0 saturated carbocycles. The lowest BCUT2D eigenvalue weighted by atomic mass is 10.1. The number of benzene rings is 1. The Morgan fingerprint density at radius 3 is 2.54 bits per heavy atom. The van der Waals surface area contributed by atoms with Crippen molar-refractivity contribution in [2.24, 2.45) is 0 Å². The molecule has 1 N–H and O–H groups in total. The molecular formula is C20H26FN5O2. The van der Waals surface area contributed by atoms with Crippen molar-refractivity contribution in [3.05, 3.63) is 42.0 Å². The van der Waals surface area contributed by atoms with E-state index in [2.05, 4.69) is 26.7 Å². The molecule has 1 atom stereocenters. The molecule has 4 rings (SSSR count). The summed E-state index contributed by atoms with van der Waals surface area (Å²) < 4.78 is 19.9. The van der Waals surface area contributed by atoms with Crippen molar-refractivity contribution in [3.8, 4) is 0 Å². The average Bonchev–Trinajstić information content (AvgIpc) is 2.68. The van der Waals surface area contributed by atoms with Gasteiger partial charge in [-0.3, -0.25) is 0 Å². The maximum atomic E-state index is 14.6. The van der Waals surface area contributed by atoms with Crippen molar-refractivity contribution in [2.75, 3.05) is 54.5 Å². The minimum absolute atomic E-state index is 0.183. The van der Waals surface area contributed by atoms with E-state index < -0.39 is 0 Å². The van der Waals surface area contributed by atoms with Crippen molar-refractivity contribution in [3.63, 3.8) is 0 Å². The summed E-state index contributed by atoms with van der Waals surface area (Å²) in [6.07, 6.45) is 3.99. The Kier molecular flexibility index (Phi) is 5.32. The molecule has 28 heavy (non-hydrogen) atoms. The minimum atomic E-state index is -0.331. The molecule has 150 valence electrons. The van der Waals surface area contributed by atoms with E-state index in [9.17, 15) is 9.50 Å². The predicted molar refractivity (Wildman–Crippen MR) is 106 cm³/mol. The van der Waals surface area contributed by atoms with E-state index in [1.165, 1.54) is 0 Å². The number of hydrogen-bond acceptors (Lipinski definition) is 7. The van der Waals surface area contributed by atoms with Crippen LogP contribution in [-0.4, -0.2) is 67.1 Å². The van der Waals surface area contributed by atoms with E-state index in [1.807, 2.05) is 17.3 Å². The highest BCUT2D eigenvalue weighted by atomic mass is 19.1. The van der Waals surface area contributed by atoms with Crippen molar-refractivity contribution < 1.29 is 14.2 Å². The lowest BCUT2D eigenvalue weighted by molar-refractivity contribution is 0.0778. The van der Waals surface area contributed by atoms with Crippen LogP contribution in [-0.2, 0) is 11.3 Å². The smallest absolute Gasteiger partial charge is 0.225 e. The first-order valence-electron chi connectivity index (χ1n) is 9.60. The number of anilines is 3. The zero-order valence-corrected chi connectivity index (χ0v) is 16.3. The zero-order chi connectivity index (χ0) is 19.7. The summed E-state index contributed by atoms with van der Waals surface area (Å²) in [6.45, 7) is 5.61. The van der Waals surface area contributed by atoms with Crippen LogP contribution in [0.25, 0.3) is 0 Å². The van der Waals surface area contributed by atoms with Gasteiger partial charge in [0.2, 0.25) is 5.95 Å². The van der Waals surface area contributed by atoms with Gasteiger partial charge in [-0.05, 0) is 13.0 Å². The number of aliphatic hydroxyl groups excluding tert-OH is 1. The Bertz CT molecular complexity index is 813. The molecule has 2 aromatic rings. The van der Waals surface area contributed by atoms with Gasteiger partial charge in [0.05, 0.1) is 36.5 Å². The average molecular weight is 387 g/mol. The van der Waals surface area contributed by atoms with Gasteiger partial charge in [0.1, 0.15) is 0 Å². The van der Waals surface area contributed by atoms with Gasteiger partial charge in [-0.25, -0.2) is 14.4 Å². The number of piperazine rings is 1. The summed E-state index contributed by atoms with van der Waals surface area (Å²) in [5, 5.41) is 9.30. The molecule has 1 aromatic heterocycles. The predicted octanol–water partition coefficient (Wildman–Crippen LogP) is 1.66. The maximum Gasteiger partial charge on any atom is 0.225 e. The van der Waals surface area contributed by atoms with Crippen LogP contribution in [0.2, 0.25) is 0 Å². The number of aliphatic hydroxyl groups is 1. The van der Waals surface area contributed by atoms with E-state index in [-0.39, 0.29) is 24.6 Å². The largest absolute Gasteiger partial charge is 0.392 e. The summed E-state index contributed by atoms with van der Waals surface area (Å²) in [7, 11) is 1.72. The molecule has 0 spiro atoms. The standard InChI is InChI=1S/C20H26FN5O2/c1-14-10-24(18-5-3-4-15(13-27)19(18)21)6-7-26(14)16-8-22-20(23-9-16)25-11-17(12-25)28-2/h3-5,8-9,14,17,27H,6-7,10-13H2,1-2H3. The third-order valence-electron chi connectivity index (χ3n) is 5.62. The maximum absolute atomic E-state index is 14.6. The zero-order valence-electron chi connectivity index (χ0n) is 16.3. The van der Waals surface area contributed by atoms with Gasteiger partial charge in [-0.15, -0.1) is 0 Å². The van der Waals surface area contributed by atoms with Crippen LogP contribution in [0, 0.1) is 5.82 Å². The third kappa shape index (κ3) is 3.49. The van der Waals surface area contributed by atoms with Gasteiger partial charge < -0.3 is 24.5 Å². The van der Waals surface area contributed by atoms with Gasteiger partial charge in [0, 0.05) is 51.4 Å². The highest BCUT2D eigenvalue weighted by Crippen LogP contribution is 2.27. The van der Waals surface area contributed by atoms with Crippen LogP contribution < -0.4 is 14.7 Å². The number of ether oxygens (including phenoxy) is 1. The first-order chi connectivity index (χ1) is 13.6. The Labute approximate surface area is 164 Å². The van der Waals surface area contributed by atoms with Crippen molar-refractivity contribution in [1.82, 2.24) is 9.97 Å². The van der Waals surface area contributed by atoms with Gasteiger partial charge >= 0.3 is 0 Å². The molecule has 8 heteroatoms. The Morgan fingerprint density at radius 2 is 1.89 bits per heavy atom. The van der Waals surface area contributed by atoms with Crippen molar-refractivity contribution in [2.45, 2.75) is 25.7 Å².